The van der Waals surface area contributed by atoms with Crippen molar-refractivity contribution in [1.29, 1.82) is 0 Å². The van der Waals surface area contributed by atoms with E-state index in [9.17, 15) is 13.5 Å². The summed E-state index contributed by atoms with van der Waals surface area (Å²) >= 11 is 0. The highest BCUT2D eigenvalue weighted by Gasteiger charge is 2.48. The number of hydrogen-bond donors (Lipinski definition) is 2. The van der Waals surface area contributed by atoms with Crippen LogP contribution in [-0.4, -0.2) is 44.1 Å². The van der Waals surface area contributed by atoms with E-state index in [-0.39, 0.29) is 29.5 Å². The van der Waals surface area contributed by atoms with Crippen LogP contribution in [0.4, 0.5) is 5.69 Å². The van der Waals surface area contributed by atoms with Gasteiger partial charge >= 0.3 is 0 Å². The number of anilines is 1. The molecule has 3 aromatic rings. The molecule has 0 aromatic heterocycles. The lowest BCUT2D eigenvalue weighted by atomic mass is 9.83. The molecule has 5 rings (SSSR count). The summed E-state index contributed by atoms with van der Waals surface area (Å²) in [5, 5.41) is 13.4. The predicted molar refractivity (Wildman–Crippen MR) is 131 cm³/mol. The summed E-state index contributed by atoms with van der Waals surface area (Å²) in [6.07, 6.45) is 0.658. The molecule has 34 heavy (non-hydrogen) atoms. The Morgan fingerprint density at radius 3 is 2.59 bits per heavy atom. The minimum atomic E-state index is -3.78. The molecule has 0 unspecified atom stereocenters. The summed E-state index contributed by atoms with van der Waals surface area (Å²) in [6, 6.07) is 21.5. The van der Waals surface area contributed by atoms with E-state index in [0.717, 1.165) is 22.4 Å². The molecule has 0 saturated carbocycles. The minimum absolute atomic E-state index is 0.0461. The van der Waals surface area contributed by atoms with Gasteiger partial charge in [-0.05, 0) is 54.4 Å². The fraction of sp³-hybridized carbons (Fsp3) is 0.259. The van der Waals surface area contributed by atoms with E-state index in [4.69, 9.17) is 4.74 Å². The summed E-state index contributed by atoms with van der Waals surface area (Å²) in [5.41, 5.74) is 3.45. The molecular weight excluding hydrogens is 448 g/mol. The predicted octanol–water partition coefficient (Wildman–Crippen LogP) is 3.63. The monoisotopic (exact) mass is 474 g/mol. The fourth-order valence-electron chi connectivity index (χ4n) is 4.93. The third kappa shape index (κ3) is 4.05. The molecule has 0 aliphatic carbocycles. The summed E-state index contributed by atoms with van der Waals surface area (Å²) < 4.78 is 34.3. The number of aliphatic hydroxyl groups is 1. The number of sulfonamides is 1. The molecule has 2 aliphatic heterocycles. The highest BCUT2D eigenvalue weighted by molar-refractivity contribution is 7.89. The number of aliphatic hydroxyl groups excluding tert-OH is 1. The molecule has 0 bridgehead atoms. The van der Waals surface area contributed by atoms with Crippen molar-refractivity contribution in [3.05, 3.63) is 89.5 Å². The molecule has 3 aromatic carbocycles. The SMILES string of the molecule is COc1cccc(S(=O)(=O)N2CC[C@@H]3[C@H](CO)Nc4ccc(C#Cc5ccccc5)cc4[C@@H]32)c1. The van der Waals surface area contributed by atoms with E-state index in [1.807, 2.05) is 48.5 Å². The summed E-state index contributed by atoms with van der Waals surface area (Å²) in [5.74, 6) is 6.82. The first-order chi connectivity index (χ1) is 16.5. The van der Waals surface area contributed by atoms with Gasteiger partial charge in [-0.15, -0.1) is 0 Å². The van der Waals surface area contributed by atoms with Crippen LogP contribution in [0.2, 0.25) is 0 Å². The maximum Gasteiger partial charge on any atom is 0.243 e. The van der Waals surface area contributed by atoms with E-state index in [0.29, 0.717) is 18.7 Å². The largest absolute Gasteiger partial charge is 0.497 e. The average molecular weight is 475 g/mol. The first kappa shape index (κ1) is 22.5. The Kier molecular flexibility index (Phi) is 6.05. The molecule has 174 valence electrons. The second kappa shape index (κ2) is 9.15. The third-order valence-electron chi connectivity index (χ3n) is 6.60. The number of nitrogens with zero attached hydrogens (tertiary/aromatic N) is 1. The second-order valence-electron chi connectivity index (χ2n) is 8.54. The van der Waals surface area contributed by atoms with Crippen molar-refractivity contribution in [2.24, 2.45) is 5.92 Å². The van der Waals surface area contributed by atoms with Crippen molar-refractivity contribution in [2.45, 2.75) is 23.4 Å². The number of fused-ring (bicyclic) bond motifs is 3. The quantitative estimate of drug-likeness (QED) is 0.565. The first-order valence-corrected chi connectivity index (χ1v) is 12.7. The fourth-order valence-corrected chi connectivity index (χ4v) is 6.63. The Bertz CT molecular complexity index is 1360. The van der Waals surface area contributed by atoms with Crippen LogP contribution in [0.3, 0.4) is 0 Å². The average Bonchev–Trinajstić information content (AvgIpc) is 3.34. The van der Waals surface area contributed by atoms with Gasteiger partial charge in [-0.1, -0.05) is 36.1 Å². The molecule has 6 nitrogen and oxygen atoms in total. The van der Waals surface area contributed by atoms with Crippen LogP contribution in [0.25, 0.3) is 0 Å². The van der Waals surface area contributed by atoms with E-state index in [1.165, 1.54) is 7.11 Å². The van der Waals surface area contributed by atoms with Crippen LogP contribution in [0, 0.1) is 17.8 Å². The van der Waals surface area contributed by atoms with Gasteiger partial charge in [0, 0.05) is 35.3 Å². The molecule has 2 N–H and O–H groups in total. The maximum absolute atomic E-state index is 13.7. The molecule has 1 saturated heterocycles. The number of ether oxygens (including phenoxy) is 1. The zero-order valence-corrected chi connectivity index (χ0v) is 19.6. The van der Waals surface area contributed by atoms with Gasteiger partial charge in [-0.25, -0.2) is 8.42 Å². The lowest BCUT2D eigenvalue weighted by Gasteiger charge is -2.38. The molecule has 1 fully saturated rings. The van der Waals surface area contributed by atoms with E-state index in [2.05, 4.69) is 17.2 Å². The number of methoxy groups -OCH3 is 1. The molecule has 0 spiro atoms. The van der Waals surface area contributed by atoms with E-state index in [1.54, 1.807) is 28.6 Å². The smallest absolute Gasteiger partial charge is 0.243 e. The maximum atomic E-state index is 13.7. The third-order valence-corrected chi connectivity index (χ3v) is 8.47. The van der Waals surface area contributed by atoms with Gasteiger partial charge in [-0.2, -0.15) is 4.31 Å². The topological polar surface area (TPSA) is 78.9 Å². The van der Waals surface area contributed by atoms with Crippen molar-refractivity contribution >= 4 is 15.7 Å². The van der Waals surface area contributed by atoms with Gasteiger partial charge in [0.05, 0.1) is 30.7 Å². The van der Waals surface area contributed by atoms with Gasteiger partial charge in [0.2, 0.25) is 10.0 Å². The van der Waals surface area contributed by atoms with Crippen LogP contribution in [0.1, 0.15) is 29.2 Å². The van der Waals surface area contributed by atoms with Crippen molar-refractivity contribution in [1.82, 2.24) is 4.31 Å². The van der Waals surface area contributed by atoms with Crippen molar-refractivity contribution in [3.8, 4) is 17.6 Å². The number of benzene rings is 3. The van der Waals surface area contributed by atoms with Crippen molar-refractivity contribution < 1.29 is 18.3 Å². The molecule has 0 radical (unpaired) electrons. The minimum Gasteiger partial charge on any atom is -0.497 e. The molecule has 2 heterocycles. The summed E-state index contributed by atoms with van der Waals surface area (Å²) in [6.45, 7) is 0.315. The highest BCUT2D eigenvalue weighted by atomic mass is 32.2. The lowest BCUT2D eigenvalue weighted by Crippen LogP contribution is -2.42. The van der Waals surface area contributed by atoms with Gasteiger partial charge in [0.1, 0.15) is 5.75 Å². The Morgan fingerprint density at radius 2 is 1.82 bits per heavy atom. The molecule has 3 atom stereocenters. The Hall–Kier alpha value is -3.31. The van der Waals surface area contributed by atoms with E-state index < -0.39 is 10.0 Å². The van der Waals surface area contributed by atoms with Gasteiger partial charge in [-0.3, -0.25) is 0 Å². The number of nitrogens with one attached hydrogen (secondary N) is 1. The number of rotatable bonds is 4. The molecule has 7 heteroatoms. The molecule has 2 aliphatic rings. The normalized spacial score (nSPS) is 21.5. The van der Waals surface area contributed by atoms with Gasteiger partial charge in [0.25, 0.3) is 0 Å². The van der Waals surface area contributed by atoms with Crippen LogP contribution < -0.4 is 10.1 Å². The van der Waals surface area contributed by atoms with Crippen LogP contribution in [0.15, 0.2) is 77.7 Å². The Morgan fingerprint density at radius 1 is 1.03 bits per heavy atom. The zero-order valence-electron chi connectivity index (χ0n) is 18.8. The summed E-state index contributed by atoms with van der Waals surface area (Å²) in [7, 11) is -2.26. The van der Waals surface area contributed by atoms with Crippen LogP contribution in [-0.2, 0) is 10.0 Å². The van der Waals surface area contributed by atoms with Gasteiger partial charge in [0.15, 0.2) is 0 Å². The van der Waals surface area contributed by atoms with Gasteiger partial charge < -0.3 is 15.2 Å². The second-order valence-corrected chi connectivity index (χ2v) is 10.4. The molecule has 0 amide bonds. The van der Waals surface area contributed by atoms with Crippen LogP contribution in [0.5, 0.6) is 5.75 Å². The lowest BCUT2D eigenvalue weighted by molar-refractivity contribution is 0.210. The van der Waals surface area contributed by atoms with Crippen LogP contribution >= 0.6 is 0 Å². The Balaban J connectivity index is 1.56. The first-order valence-electron chi connectivity index (χ1n) is 11.3. The Labute approximate surface area is 200 Å². The summed E-state index contributed by atoms with van der Waals surface area (Å²) in [4.78, 5) is 0.202. The van der Waals surface area contributed by atoms with E-state index >= 15 is 0 Å². The zero-order chi connectivity index (χ0) is 23.7. The van der Waals surface area contributed by atoms with Crippen molar-refractivity contribution in [2.75, 3.05) is 25.6 Å². The highest BCUT2D eigenvalue weighted by Crippen LogP contribution is 2.48. The molecular formula is C27H26N2O4S. The number of hydrogen-bond acceptors (Lipinski definition) is 5. The standard InChI is InChI=1S/C27H26N2O4S/c1-33-21-8-5-9-22(17-21)34(31,32)29-15-14-23-26(18-30)28-25-13-12-20(16-24(25)27(23)29)11-10-19-6-3-2-4-7-19/h2-9,12-13,16-17,23,26-28,30H,14-15,18H2,1H3/t23-,26+,27-/m1/s1. The van der Waals surface area contributed by atoms with Crippen molar-refractivity contribution in [3.63, 3.8) is 0 Å².